The molecule has 0 unspecified atom stereocenters. The van der Waals surface area contributed by atoms with E-state index >= 15 is 0 Å². The standard InChI is InChI=1S/C24H36/c1-10-18-17(9)12-13-20-22(15(5)6)23(16(7)8)21(14(3)4)19(11-2)24(18)20/h12-16H,10-11H2,1-9H3. The van der Waals surface area contributed by atoms with Gasteiger partial charge < -0.3 is 0 Å². The predicted octanol–water partition coefficient (Wildman–Crippen LogP) is 7.64. The normalized spacial score (nSPS) is 12.2. The van der Waals surface area contributed by atoms with Crippen LogP contribution >= 0.6 is 0 Å². The molecule has 0 heterocycles. The molecular formula is C24H36. The third-order valence-electron chi connectivity index (χ3n) is 5.48. The quantitative estimate of drug-likeness (QED) is 0.530. The molecule has 0 bridgehead atoms. The highest BCUT2D eigenvalue weighted by atomic mass is 14.3. The van der Waals surface area contributed by atoms with Crippen LogP contribution < -0.4 is 0 Å². The van der Waals surface area contributed by atoms with E-state index in [1.165, 1.54) is 10.9 Å². The number of hydrogen-bond donors (Lipinski definition) is 0. The van der Waals surface area contributed by atoms with E-state index in [0.29, 0.717) is 17.8 Å². The Kier molecular flexibility index (Phi) is 5.78. The molecule has 0 fully saturated rings. The van der Waals surface area contributed by atoms with E-state index < -0.39 is 0 Å². The molecule has 0 heteroatoms. The van der Waals surface area contributed by atoms with Gasteiger partial charge in [-0.2, -0.15) is 0 Å². The van der Waals surface area contributed by atoms with E-state index in [-0.39, 0.29) is 0 Å². The van der Waals surface area contributed by atoms with Gasteiger partial charge in [-0.15, -0.1) is 0 Å². The summed E-state index contributed by atoms with van der Waals surface area (Å²) in [5.74, 6) is 1.70. The zero-order valence-electron chi connectivity index (χ0n) is 17.3. The molecule has 2 aromatic rings. The third kappa shape index (κ3) is 3.01. The maximum Gasteiger partial charge on any atom is -0.0111 e. The monoisotopic (exact) mass is 324 g/mol. The smallest absolute Gasteiger partial charge is 0.0111 e. The van der Waals surface area contributed by atoms with Crippen molar-refractivity contribution in [2.24, 2.45) is 0 Å². The van der Waals surface area contributed by atoms with Crippen LogP contribution in [0.25, 0.3) is 10.8 Å². The van der Waals surface area contributed by atoms with E-state index in [2.05, 4.69) is 74.4 Å². The zero-order valence-corrected chi connectivity index (χ0v) is 17.3. The highest BCUT2D eigenvalue weighted by Gasteiger charge is 2.25. The van der Waals surface area contributed by atoms with Gasteiger partial charge in [-0.25, -0.2) is 0 Å². The van der Waals surface area contributed by atoms with Gasteiger partial charge in [-0.05, 0) is 81.7 Å². The molecule has 0 amide bonds. The maximum atomic E-state index is 2.40. The predicted molar refractivity (Wildman–Crippen MR) is 110 cm³/mol. The Morgan fingerprint density at radius 2 is 1.17 bits per heavy atom. The molecule has 0 N–H and O–H groups in total. The molecule has 0 aromatic heterocycles. The molecule has 0 aliphatic heterocycles. The van der Waals surface area contributed by atoms with Crippen LogP contribution in [-0.2, 0) is 12.8 Å². The molecule has 132 valence electrons. The van der Waals surface area contributed by atoms with Gasteiger partial charge in [0.05, 0.1) is 0 Å². The molecule has 0 aliphatic carbocycles. The molecule has 2 rings (SSSR count). The summed E-state index contributed by atoms with van der Waals surface area (Å²) in [6.45, 7) is 21.1. The molecule has 0 atom stereocenters. The first-order valence-corrected chi connectivity index (χ1v) is 9.86. The fourth-order valence-corrected chi connectivity index (χ4v) is 4.63. The Labute approximate surface area is 149 Å². The molecule has 24 heavy (non-hydrogen) atoms. The van der Waals surface area contributed by atoms with Crippen molar-refractivity contribution in [2.45, 2.75) is 92.9 Å². The minimum Gasteiger partial charge on any atom is -0.0613 e. The summed E-state index contributed by atoms with van der Waals surface area (Å²) in [6, 6.07) is 4.74. The van der Waals surface area contributed by atoms with Crippen molar-refractivity contribution in [2.75, 3.05) is 0 Å². The van der Waals surface area contributed by atoms with Crippen LogP contribution in [0.1, 0.15) is 107 Å². The Morgan fingerprint density at radius 3 is 1.58 bits per heavy atom. The first-order valence-electron chi connectivity index (χ1n) is 9.86. The van der Waals surface area contributed by atoms with Crippen LogP contribution in [-0.4, -0.2) is 0 Å². The number of aryl methyl sites for hydroxylation is 3. The van der Waals surface area contributed by atoms with Gasteiger partial charge >= 0.3 is 0 Å². The van der Waals surface area contributed by atoms with Gasteiger partial charge in [0.1, 0.15) is 0 Å². The summed E-state index contributed by atoms with van der Waals surface area (Å²) in [4.78, 5) is 0. The van der Waals surface area contributed by atoms with Crippen molar-refractivity contribution in [3.05, 3.63) is 45.5 Å². The molecule has 2 aromatic carbocycles. The third-order valence-corrected chi connectivity index (χ3v) is 5.48. The van der Waals surface area contributed by atoms with Crippen LogP contribution in [0.2, 0.25) is 0 Å². The van der Waals surface area contributed by atoms with Crippen LogP contribution in [0, 0.1) is 6.92 Å². The number of fused-ring (bicyclic) bond motifs is 1. The molecule has 0 saturated carbocycles. The van der Waals surface area contributed by atoms with Crippen molar-refractivity contribution in [1.82, 2.24) is 0 Å². The van der Waals surface area contributed by atoms with Crippen LogP contribution in [0.4, 0.5) is 0 Å². The van der Waals surface area contributed by atoms with Gasteiger partial charge in [-0.1, -0.05) is 67.5 Å². The highest BCUT2D eigenvalue weighted by Crippen LogP contribution is 2.43. The first-order chi connectivity index (χ1) is 11.3. The molecule has 0 nitrogen and oxygen atoms in total. The summed E-state index contributed by atoms with van der Waals surface area (Å²) in [6.07, 6.45) is 2.24. The van der Waals surface area contributed by atoms with Crippen molar-refractivity contribution >= 4 is 10.8 Å². The van der Waals surface area contributed by atoms with Gasteiger partial charge in [0.25, 0.3) is 0 Å². The minimum atomic E-state index is 0.556. The maximum absolute atomic E-state index is 2.40. The fourth-order valence-electron chi connectivity index (χ4n) is 4.63. The zero-order chi connectivity index (χ0) is 18.2. The molecule has 0 spiro atoms. The van der Waals surface area contributed by atoms with E-state index in [0.717, 1.165) is 12.8 Å². The first kappa shape index (κ1) is 19.0. The topological polar surface area (TPSA) is 0 Å². The van der Waals surface area contributed by atoms with Crippen LogP contribution in [0.15, 0.2) is 12.1 Å². The molecule has 0 aliphatic rings. The Bertz CT molecular complexity index is 730. The van der Waals surface area contributed by atoms with Crippen LogP contribution in [0.5, 0.6) is 0 Å². The summed E-state index contributed by atoms with van der Waals surface area (Å²) in [7, 11) is 0. The summed E-state index contributed by atoms with van der Waals surface area (Å²) in [5.41, 5.74) is 9.45. The summed E-state index contributed by atoms with van der Waals surface area (Å²) < 4.78 is 0. The highest BCUT2D eigenvalue weighted by molar-refractivity contribution is 5.95. The molecule has 0 saturated heterocycles. The van der Waals surface area contributed by atoms with Crippen molar-refractivity contribution in [3.63, 3.8) is 0 Å². The lowest BCUT2D eigenvalue weighted by atomic mass is 9.75. The Morgan fingerprint density at radius 1 is 0.667 bits per heavy atom. The number of hydrogen-bond acceptors (Lipinski definition) is 0. The minimum absolute atomic E-state index is 0.556. The van der Waals surface area contributed by atoms with Gasteiger partial charge in [0, 0.05) is 0 Å². The van der Waals surface area contributed by atoms with Crippen molar-refractivity contribution in [3.8, 4) is 0 Å². The number of benzene rings is 2. The van der Waals surface area contributed by atoms with E-state index in [9.17, 15) is 0 Å². The van der Waals surface area contributed by atoms with E-state index in [4.69, 9.17) is 0 Å². The van der Waals surface area contributed by atoms with Crippen molar-refractivity contribution < 1.29 is 0 Å². The van der Waals surface area contributed by atoms with Gasteiger partial charge in [0.15, 0.2) is 0 Å². The second kappa shape index (κ2) is 7.30. The fraction of sp³-hybridized carbons (Fsp3) is 0.583. The number of rotatable bonds is 5. The van der Waals surface area contributed by atoms with Gasteiger partial charge in [0.2, 0.25) is 0 Å². The summed E-state index contributed by atoms with van der Waals surface area (Å²) in [5, 5.41) is 3.08. The van der Waals surface area contributed by atoms with Crippen LogP contribution in [0.3, 0.4) is 0 Å². The summed E-state index contributed by atoms with van der Waals surface area (Å²) >= 11 is 0. The average Bonchev–Trinajstić information content (AvgIpc) is 2.51. The SMILES string of the molecule is CCc1c(C)ccc2c(C(C)C)c(C(C)C)c(C(C)C)c(CC)c12. The second-order valence-electron chi connectivity index (χ2n) is 8.17. The molecule has 0 radical (unpaired) electrons. The van der Waals surface area contributed by atoms with Crippen molar-refractivity contribution in [1.29, 1.82) is 0 Å². The van der Waals surface area contributed by atoms with Gasteiger partial charge in [-0.3, -0.25) is 0 Å². The van der Waals surface area contributed by atoms with E-state index in [1.807, 2.05) is 0 Å². The lowest BCUT2D eigenvalue weighted by molar-refractivity contribution is 0.745. The Hall–Kier alpha value is -1.30. The lowest BCUT2D eigenvalue weighted by Gasteiger charge is -2.29. The second-order valence-corrected chi connectivity index (χ2v) is 8.17. The largest absolute Gasteiger partial charge is 0.0613 e. The average molecular weight is 325 g/mol. The Balaban J connectivity index is 3.19. The molecular weight excluding hydrogens is 288 g/mol. The van der Waals surface area contributed by atoms with E-state index in [1.54, 1.807) is 33.2 Å². The lowest BCUT2D eigenvalue weighted by Crippen LogP contribution is -2.11.